The van der Waals surface area contributed by atoms with Crippen LogP contribution in [0.3, 0.4) is 0 Å². The van der Waals surface area contributed by atoms with Gasteiger partial charge in [-0.1, -0.05) is 11.6 Å². The van der Waals surface area contributed by atoms with Crippen LogP contribution in [-0.4, -0.2) is 21.0 Å². The summed E-state index contributed by atoms with van der Waals surface area (Å²) < 4.78 is 13.1. The molecule has 0 saturated heterocycles. The lowest BCUT2D eigenvalue weighted by Crippen LogP contribution is -2.14. The molecule has 3 aromatic rings. The molecule has 0 fully saturated rings. The predicted octanol–water partition coefficient (Wildman–Crippen LogP) is 4.20. The molecule has 2 heterocycles. The monoisotopic (exact) mass is 357 g/mol. The molecule has 3 rings (SSSR count). The number of aromatic hydroxyl groups is 1. The van der Waals surface area contributed by atoms with E-state index < -0.39 is 11.9 Å². The van der Waals surface area contributed by atoms with E-state index in [2.05, 4.69) is 15.3 Å². The van der Waals surface area contributed by atoms with Crippen LogP contribution in [0.5, 0.6) is 5.75 Å². The lowest BCUT2D eigenvalue weighted by Gasteiger charge is -2.10. The van der Waals surface area contributed by atoms with Gasteiger partial charge in [0.25, 0.3) is 5.91 Å². The molecule has 126 valence electrons. The summed E-state index contributed by atoms with van der Waals surface area (Å²) in [7, 11) is 0. The molecular weight excluding hydrogens is 345 g/mol. The van der Waals surface area contributed by atoms with E-state index in [0.29, 0.717) is 27.7 Å². The molecule has 7 heteroatoms. The Kier molecular flexibility index (Phi) is 4.63. The normalized spacial score (nSPS) is 10.5. The summed E-state index contributed by atoms with van der Waals surface area (Å²) in [6.45, 7) is 1.56. The van der Waals surface area contributed by atoms with E-state index in [1.807, 2.05) is 0 Å². The first-order valence-corrected chi connectivity index (χ1v) is 7.71. The molecule has 1 amide bonds. The van der Waals surface area contributed by atoms with Gasteiger partial charge in [-0.2, -0.15) is 4.39 Å². The van der Waals surface area contributed by atoms with Crippen molar-refractivity contribution >= 4 is 23.2 Å². The van der Waals surface area contributed by atoms with Crippen molar-refractivity contribution in [1.82, 2.24) is 9.97 Å². The third kappa shape index (κ3) is 3.75. The minimum absolute atomic E-state index is 0.0450. The van der Waals surface area contributed by atoms with Crippen molar-refractivity contribution < 1.29 is 14.3 Å². The minimum atomic E-state index is -0.638. The van der Waals surface area contributed by atoms with Crippen molar-refractivity contribution in [3.63, 3.8) is 0 Å². The number of carbonyl (C=O) groups excluding carboxylic acids is 1. The van der Waals surface area contributed by atoms with Crippen molar-refractivity contribution in [3.05, 3.63) is 70.9 Å². The molecule has 0 atom stereocenters. The highest BCUT2D eigenvalue weighted by atomic mass is 35.5. The highest BCUT2D eigenvalue weighted by molar-refractivity contribution is 6.33. The smallest absolute Gasteiger partial charge is 0.257 e. The van der Waals surface area contributed by atoms with Gasteiger partial charge in [-0.05, 0) is 49.4 Å². The molecule has 2 N–H and O–H groups in total. The third-order valence-electron chi connectivity index (χ3n) is 3.54. The van der Waals surface area contributed by atoms with Crippen LogP contribution in [0.1, 0.15) is 16.1 Å². The quantitative estimate of drug-likeness (QED) is 0.689. The number of anilines is 1. The maximum absolute atomic E-state index is 13.1. The molecular formula is C18H13ClFN3O2. The third-order valence-corrected chi connectivity index (χ3v) is 3.87. The number of carbonyl (C=O) groups is 1. The van der Waals surface area contributed by atoms with Crippen molar-refractivity contribution in [2.24, 2.45) is 0 Å². The Labute approximate surface area is 148 Å². The number of hydrogen-bond donors (Lipinski definition) is 2. The van der Waals surface area contributed by atoms with Gasteiger partial charge in [0.15, 0.2) is 0 Å². The molecule has 0 aliphatic rings. The second kappa shape index (κ2) is 6.86. The van der Waals surface area contributed by atoms with Crippen LogP contribution in [0.15, 0.2) is 48.7 Å². The minimum Gasteiger partial charge on any atom is -0.506 e. The summed E-state index contributed by atoms with van der Waals surface area (Å²) in [5.41, 5.74) is 2.24. The second-order valence-electron chi connectivity index (χ2n) is 5.32. The molecule has 0 bridgehead atoms. The zero-order chi connectivity index (χ0) is 18.0. The van der Waals surface area contributed by atoms with Gasteiger partial charge < -0.3 is 10.4 Å². The molecule has 0 aliphatic heterocycles. The molecule has 0 spiro atoms. The van der Waals surface area contributed by atoms with E-state index in [1.165, 1.54) is 18.3 Å². The number of pyridine rings is 2. The summed E-state index contributed by atoms with van der Waals surface area (Å²) >= 11 is 6.20. The lowest BCUT2D eigenvalue weighted by molar-refractivity contribution is 0.102. The van der Waals surface area contributed by atoms with Gasteiger partial charge in [-0.3, -0.25) is 9.78 Å². The van der Waals surface area contributed by atoms with Crippen molar-refractivity contribution in [2.75, 3.05) is 5.32 Å². The number of nitrogens with zero attached hydrogens (tertiary/aromatic N) is 2. The van der Waals surface area contributed by atoms with Gasteiger partial charge >= 0.3 is 0 Å². The standard InChI is InChI=1S/C18H13ClFN3O2/c1-10-13(4-7-17(20)22-10)18(25)23-11-2-5-15(19)14(8-11)16-6-3-12(24)9-21-16/h2-9,24H,1H3,(H,23,25). The molecule has 1 aromatic carbocycles. The number of nitrogens with one attached hydrogen (secondary N) is 1. The van der Waals surface area contributed by atoms with Gasteiger partial charge in [0.1, 0.15) is 5.75 Å². The van der Waals surface area contributed by atoms with Gasteiger partial charge in [0, 0.05) is 11.3 Å². The van der Waals surface area contributed by atoms with E-state index in [1.54, 1.807) is 31.2 Å². The average Bonchev–Trinajstić information content (AvgIpc) is 2.57. The predicted molar refractivity (Wildman–Crippen MR) is 93.2 cm³/mol. The Bertz CT molecular complexity index is 946. The Morgan fingerprint density at radius 1 is 1.20 bits per heavy atom. The molecule has 0 radical (unpaired) electrons. The van der Waals surface area contributed by atoms with Crippen molar-refractivity contribution in [3.8, 4) is 17.0 Å². The highest BCUT2D eigenvalue weighted by Gasteiger charge is 2.13. The van der Waals surface area contributed by atoms with Crippen LogP contribution in [0.25, 0.3) is 11.3 Å². The van der Waals surface area contributed by atoms with Crippen LogP contribution in [-0.2, 0) is 0 Å². The first kappa shape index (κ1) is 16.9. The van der Waals surface area contributed by atoms with Gasteiger partial charge in [-0.15, -0.1) is 0 Å². The summed E-state index contributed by atoms with van der Waals surface area (Å²) in [5, 5.41) is 12.5. The number of aromatic nitrogens is 2. The van der Waals surface area contributed by atoms with E-state index in [4.69, 9.17) is 11.6 Å². The first-order valence-electron chi connectivity index (χ1n) is 7.33. The SMILES string of the molecule is Cc1nc(F)ccc1C(=O)Nc1ccc(Cl)c(-c2ccc(O)cn2)c1. The first-order chi connectivity index (χ1) is 11.9. The topological polar surface area (TPSA) is 75.1 Å². The van der Waals surface area contributed by atoms with E-state index in [9.17, 15) is 14.3 Å². The lowest BCUT2D eigenvalue weighted by atomic mass is 10.1. The van der Waals surface area contributed by atoms with E-state index >= 15 is 0 Å². The molecule has 5 nitrogen and oxygen atoms in total. The van der Waals surface area contributed by atoms with Crippen LogP contribution >= 0.6 is 11.6 Å². The Hall–Kier alpha value is -2.99. The van der Waals surface area contributed by atoms with Crippen LogP contribution in [0, 0.1) is 12.9 Å². The largest absolute Gasteiger partial charge is 0.506 e. The van der Waals surface area contributed by atoms with Gasteiger partial charge in [0.05, 0.1) is 28.2 Å². The zero-order valence-corrected chi connectivity index (χ0v) is 13.9. The maximum atomic E-state index is 13.1. The van der Waals surface area contributed by atoms with Gasteiger partial charge in [0.2, 0.25) is 5.95 Å². The Balaban J connectivity index is 1.89. The van der Waals surface area contributed by atoms with Crippen LogP contribution < -0.4 is 5.32 Å². The fraction of sp³-hybridized carbons (Fsp3) is 0.0556. The maximum Gasteiger partial charge on any atom is 0.257 e. The highest BCUT2D eigenvalue weighted by Crippen LogP contribution is 2.30. The van der Waals surface area contributed by atoms with Crippen molar-refractivity contribution in [2.45, 2.75) is 6.92 Å². The zero-order valence-electron chi connectivity index (χ0n) is 13.1. The number of benzene rings is 1. The summed E-state index contributed by atoms with van der Waals surface area (Å²) in [5.74, 6) is -0.998. The van der Waals surface area contributed by atoms with E-state index in [0.717, 1.165) is 6.07 Å². The Morgan fingerprint density at radius 3 is 2.68 bits per heavy atom. The van der Waals surface area contributed by atoms with Crippen molar-refractivity contribution in [1.29, 1.82) is 0 Å². The molecule has 25 heavy (non-hydrogen) atoms. The fourth-order valence-corrected chi connectivity index (χ4v) is 2.53. The number of amides is 1. The van der Waals surface area contributed by atoms with Gasteiger partial charge in [-0.25, -0.2) is 4.98 Å². The summed E-state index contributed by atoms with van der Waals surface area (Å²) in [6.07, 6.45) is 1.31. The van der Waals surface area contributed by atoms with E-state index in [-0.39, 0.29) is 11.3 Å². The number of rotatable bonds is 3. The number of aryl methyl sites for hydroxylation is 1. The summed E-state index contributed by atoms with van der Waals surface area (Å²) in [4.78, 5) is 20.1. The molecule has 2 aromatic heterocycles. The average molecular weight is 358 g/mol. The van der Waals surface area contributed by atoms with Crippen LogP contribution in [0.2, 0.25) is 5.02 Å². The second-order valence-corrected chi connectivity index (χ2v) is 5.72. The molecule has 0 saturated carbocycles. The van der Waals surface area contributed by atoms with Crippen LogP contribution in [0.4, 0.5) is 10.1 Å². The summed E-state index contributed by atoms with van der Waals surface area (Å²) in [6, 6.07) is 10.6. The fourth-order valence-electron chi connectivity index (χ4n) is 2.31. The molecule has 0 unspecified atom stereocenters. The molecule has 0 aliphatic carbocycles. The number of hydrogen-bond acceptors (Lipinski definition) is 4. The number of halogens is 2. The Morgan fingerprint density at radius 2 is 2.00 bits per heavy atom.